The Balaban J connectivity index is 0.00000432. The maximum atomic E-state index is 11.7. The van der Waals surface area contributed by atoms with Gasteiger partial charge in [-0.1, -0.05) is 54.6 Å². The molecule has 0 aliphatic rings. The van der Waals surface area contributed by atoms with E-state index in [1.54, 1.807) is 54.6 Å². The average molecular weight is 507 g/mol. The molecule has 3 aromatic carbocycles. The van der Waals surface area contributed by atoms with Crippen molar-refractivity contribution in [2.75, 3.05) is 0 Å². The summed E-state index contributed by atoms with van der Waals surface area (Å²) in [5, 5.41) is 28.2. The van der Waals surface area contributed by atoms with Gasteiger partial charge in [-0.15, -0.1) is 0 Å². The number of hydrogen-bond donors (Lipinski definition) is 3. The third-order valence-corrected chi connectivity index (χ3v) is 6.67. The third kappa shape index (κ3) is 9.33. The number of aromatic hydroxyl groups is 2. The minimum absolute atomic E-state index is 0. The Hall–Kier alpha value is -2.33. The molecule has 7 nitrogen and oxygen atoms in total. The zero-order valence-electron chi connectivity index (χ0n) is 19.4. The van der Waals surface area contributed by atoms with Crippen LogP contribution in [-0.2, 0) is 23.1 Å². The Morgan fingerprint density at radius 1 is 0.943 bits per heavy atom. The van der Waals surface area contributed by atoms with Crippen molar-refractivity contribution < 1.29 is 62.6 Å². The quantitative estimate of drug-likeness (QED) is 0.203. The van der Waals surface area contributed by atoms with Gasteiger partial charge >= 0.3 is 29.6 Å². The molecule has 0 bridgehead atoms. The van der Waals surface area contributed by atoms with E-state index in [1.807, 2.05) is 6.07 Å². The van der Waals surface area contributed by atoms with Crippen LogP contribution in [0.25, 0.3) is 0 Å². The molecule has 0 amide bonds. The number of benzene rings is 3. The molecule has 180 valence electrons. The fourth-order valence-corrected chi connectivity index (χ4v) is 4.15. The molecular formula is C26H27NaO7S. The predicted octanol–water partition coefficient (Wildman–Crippen LogP) is 1.21. The Labute approximate surface area is 227 Å². The number of para-hydroxylation sites is 1. The SMILES string of the molecule is O=S(=O)([O-])C(CC=CC(O)c1ccc(O)cc1)CCc1ccc(OCc2ccccc2O)cc1.[Na+]. The maximum Gasteiger partial charge on any atom is 1.00 e. The van der Waals surface area contributed by atoms with E-state index in [0.29, 0.717) is 23.3 Å². The number of phenols is 2. The van der Waals surface area contributed by atoms with E-state index in [9.17, 15) is 28.3 Å². The average Bonchev–Trinajstić information content (AvgIpc) is 2.81. The minimum atomic E-state index is -4.52. The normalized spacial score (nSPS) is 13.2. The zero-order chi connectivity index (χ0) is 24.6. The summed E-state index contributed by atoms with van der Waals surface area (Å²) in [6, 6.07) is 20.0. The smallest absolute Gasteiger partial charge is 0.748 e. The fourth-order valence-electron chi connectivity index (χ4n) is 3.40. The minimum Gasteiger partial charge on any atom is -0.748 e. The summed E-state index contributed by atoms with van der Waals surface area (Å²) in [5.74, 6) is 0.840. The van der Waals surface area contributed by atoms with Crippen LogP contribution in [0.3, 0.4) is 0 Å². The van der Waals surface area contributed by atoms with Gasteiger partial charge in [0.05, 0.1) is 21.5 Å². The van der Waals surface area contributed by atoms with Gasteiger partial charge in [0.15, 0.2) is 0 Å². The molecule has 0 radical (unpaired) electrons. The first-order valence-corrected chi connectivity index (χ1v) is 12.3. The number of aliphatic hydroxyl groups excluding tert-OH is 1. The molecule has 0 saturated heterocycles. The van der Waals surface area contributed by atoms with Crippen molar-refractivity contribution in [1.82, 2.24) is 0 Å². The van der Waals surface area contributed by atoms with Crippen molar-refractivity contribution in [3.63, 3.8) is 0 Å². The van der Waals surface area contributed by atoms with Gasteiger partial charge in [0, 0.05) is 5.56 Å². The third-order valence-electron chi connectivity index (χ3n) is 5.42. The van der Waals surface area contributed by atoms with Gasteiger partial charge < -0.3 is 24.6 Å². The van der Waals surface area contributed by atoms with Crippen LogP contribution in [0.1, 0.15) is 35.6 Å². The molecule has 0 saturated carbocycles. The summed E-state index contributed by atoms with van der Waals surface area (Å²) in [6.45, 7) is 0.213. The number of allylic oxidation sites excluding steroid dienone is 1. The van der Waals surface area contributed by atoms with E-state index in [4.69, 9.17) is 4.74 Å². The van der Waals surface area contributed by atoms with E-state index >= 15 is 0 Å². The number of phenolic OH excluding ortho intramolecular Hbond substituents is 2. The molecule has 0 aromatic heterocycles. The van der Waals surface area contributed by atoms with Gasteiger partial charge in [-0.25, -0.2) is 8.42 Å². The van der Waals surface area contributed by atoms with Crippen LogP contribution in [0.5, 0.6) is 17.2 Å². The second-order valence-corrected chi connectivity index (χ2v) is 9.57. The first kappa shape index (κ1) is 28.9. The fraction of sp³-hybridized carbons (Fsp3) is 0.231. The van der Waals surface area contributed by atoms with Gasteiger partial charge in [-0.2, -0.15) is 0 Å². The van der Waals surface area contributed by atoms with Gasteiger partial charge in [0.2, 0.25) is 0 Å². The summed E-state index contributed by atoms with van der Waals surface area (Å²) >= 11 is 0. The van der Waals surface area contributed by atoms with Gasteiger partial charge in [0.1, 0.15) is 23.9 Å². The molecule has 0 aliphatic carbocycles. The van der Waals surface area contributed by atoms with E-state index in [-0.39, 0.29) is 60.5 Å². The van der Waals surface area contributed by atoms with Crippen LogP contribution >= 0.6 is 0 Å². The number of rotatable bonds is 11. The van der Waals surface area contributed by atoms with Gasteiger partial charge in [-0.05, 0) is 60.7 Å². The Morgan fingerprint density at radius 3 is 2.23 bits per heavy atom. The Bertz CT molecular complexity index is 1190. The summed E-state index contributed by atoms with van der Waals surface area (Å²) in [5.41, 5.74) is 2.07. The summed E-state index contributed by atoms with van der Waals surface area (Å²) in [7, 11) is -4.52. The van der Waals surface area contributed by atoms with Crippen molar-refractivity contribution in [1.29, 1.82) is 0 Å². The second-order valence-electron chi connectivity index (χ2n) is 7.92. The number of aryl methyl sites for hydroxylation is 1. The maximum absolute atomic E-state index is 11.7. The second kappa shape index (κ2) is 13.7. The standard InChI is InChI=1S/C26H28O7S.Na/c27-22-13-11-20(12-14-22)25(28)7-3-5-24(34(30,31)32)17-10-19-8-15-23(16-9-19)33-18-21-4-1-2-6-26(21)29;/h1-4,6-9,11-16,24-25,27-29H,5,10,17-18H2,(H,30,31,32);/q;+1/p-1. The number of ether oxygens (including phenoxy) is 1. The van der Waals surface area contributed by atoms with E-state index in [1.165, 1.54) is 24.3 Å². The van der Waals surface area contributed by atoms with Crippen LogP contribution < -0.4 is 34.3 Å². The van der Waals surface area contributed by atoms with Crippen LogP contribution in [0.2, 0.25) is 0 Å². The largest absolute Gasteiger partial charge is 1.00 e. The van der Waals surface area contributed by atoms with E-state index in [0.717, 1.165) is 5.56 Å². The summed E-state index contributed by atoms with van der Waals surface area (Å²) in [4.78, 5) is 0. The Kier molecular flexibility index (Phi) is 11.3. The van der Waals surface area contributed by atoms with Crippen molar-refractivity contribution in [3.05, 3.63) is 102 Å². The van der Waals surface area contributed by atoms with Crippen molar-refractivity contribution in [2.24, 2.45) is 0 Å². The first-order chi connectivity index (χ1) is 16.2. The molecular weight excluding hydrogens is 479 g/mol. The van der Waals surface area contributed by atoms with Gasteiger partial charge in [0.25, 0.3) is 0 Å². The zero-order valence-corrected chi connectivity index (χ0v) is 22.3. The molecule has 3 rings (SSSR count). The predicted molar refractivity (Wildman–Crippen MR) is 128 cm³/mol. The topological polar surface area (TPSA) is 127 Å². The van der Waals surface area contributed by atoms with Crippen molar-refractivity contribution in [2.45, 2.75) is 37.2 Å². The van der Waals surface area contributed by atoms with Crippen molar-refractivity contribution in [3.8, 4) is 17.2 Å². The van der Waals surface area contributed by atoms with E-state index in [2.05, 4.69) is 0 Å². The molecule has 0 spiro atoms. The molecule has 2 unspecified atom stereocenters. The molecule has 3 N–H and O–H groups in total. The first-order valence-electron chi connectivity index (χ1n) is 10.8. The number of hydrogen-bond acceptors (Lipinski definition) is 7. The molecule has 3 aromatic rings. The van der Waals surface area contributed by atoms with E-state index < -0.39 is 21.5 Å². The van der Waals surface area contributed by atoms with Crippen LogP contribution in [0, 0.1) is 0 Å². The van der Waals surface area contributed by atoms with Gasteiger partial charge in [-0.3, -0.25) is 0 Å². The molecule has 0 fully saturated rings. The monoisotopic (exact) mass is 506 g/mol. The molecule has 35 heavy (non-hydrogen) atoms. The van der Waals surface area contributed by atoms with Crippen LogP contribution in [0.4, 0.5) is 0 Å². The summed E-state index contributed by atoms with van der Waals surface area (Å²) < 4.78 is 40.8. The van der Waals surface area contributed by atoms with Crippen LogP contribution in [0.15, 0.2) is 84.9 Å². The molecule has 2 atom stereocenters. The molecule has 0 heterocycles. The Morgan fingerprint density at radius 2 is 1.60 bits per heavy atom. The number of aliphatic hydroxyl groups is 1. The molecule has 9 heteroatoms. The van der Waals surface area contributed by atoms with Crippen LogP contribution in [-0.4, -0.2) is 33.5 Å². The van der Waals surface area contributed by atoms with Crippen molar-refractivity contribution >= 4 is 10.1 Å². The summed E-state index contributed by atoms with van der Waals surface area (Å²) in [6.07, 6.45) is 2.47. The molecule has 0 aliphatic heterocycles.